The van der Waals surface area contributed by atoms with Gasteiger partial charge in [-0.25, -0.2) is 9.97 Å². The van der Waals surface area contributed by atoms with Gasteiger partial charge in [0, 0.05) is 12.4 Å². The van der Waals surface area contributed by atoms with Crippen molar-refractivity contribution in [3.63, 3.8) is 0 Å². The normalized spacial score (nSPS) is 12.3. The zero-order valence-electron chi connectivity index (χ0n) is 14.1. The van der Waals surface area contributed by atoms with E-state index in [2.05, 4.69) is 20.4 Å². The summed E-state index contributed by atoms with van der Waals surface area (Å²) in [6.07, 6.45) is 1.53. The molecule has 1 atom stereocenters. The Morgan fingerprint density at radius 2 is 2.00 bits per heavy atom. The molecule has 0 bridgehead atoms. The molecule has 0 unspecified atom stereocenters. The standard InChI is InChI=1S/C17H19N5OS/c1-10-15(11(2)22(4)21-10)20-16(23)12(3)24-17-13-7-5-6-8-14(13)18-9-19-17/h5-9,12H,1-4H3,(H,20,23)/t12-/m1/s1. The number of benzene rings is 1. The van der Waals surface area contributed by atoms with Gasteiger partial charge < -0.3 is 5.32 Å². The molecule has 0 saturated carbocycles. The molecule has 0 aliphatic carbocycles. The molecule has 2 heterocycles. The number of para-hydroxylation sites is 1. The molecule has 0 radical (unpaired) electrons. The van der Waals surface area contributed by atoms with Crippen LogP contribution in [0, 0.1) is 13.8 Å². The number of thioether (sulfide) groups is 1. The monoisotopic (exact) mass is 341 g/mol. The fourth-order valence-electron chi connectivity index (χ4n) is 2.47. The zero-order valence-corrected chi connectivity index (χ0v) is 14.9. The van der Waals surface area contributed by atoms with E-state index in [9.17, 15) is 4.79 Å². The Kier molecular flexibility index (Phi) is 4.53. The summed E-state index contributed by atoms with van der Waals surface area (Å²) in [4.78, 5) is 21.1. The highest BCUT2D eigenvalue weighted by atomic mass is 32.2. The molecule has 3 aromatic rings. The third kappa shape index (κ3) is 3.12. The van der Waals surface area contributed by atoms with E-state index in [1.807, 2.05) is 52.1 Å². The first kappa shape index (κ1) is 16.4. The molecule has 0 fully saturated rings. The fraction of sp³-hybridized carbons (Fsp3) is 0.294. The smallest absolute Gasteiger partial charge is 0.237 e. The van der Waals surface area contributed by atoms with Crippen molar-refractivity contribution in [2.45, 2.75) is 31.0 Å². The van der Waals surface area contributed by atoms with Crippen LogP contribution in [0.15, 0.2) is 35.6 Å². The summed E-state index contributed by atoms with van der Waals surface area (Å²) in [5, 5.41) is 8.78. The van der Waals surface area contributed by atoms with Crippen molar-refractivity contribution in [2.24, 2.45) is 7.05 Å². The highest BCUT2D eigenvalue weighted by Crippen LogP contribution is 2.29. The van der Waals surface area contributed by atoms with Crippen LogP contribution in [0.25, 0.3) is 10.9 Å². The number of anilines is 1. The Morgan fingerprint density at radius 1 is 1.25 bits per heavy atom. The summed E-state index contributed by atoms with van der Waals surface area (Å²) in [7, 11) is 1.86. The van der Waals surface area contributed by atoms with Crippen molar-refractivity contribution in [3.8, 4) is 0 Å². The van der Waals surface area contributed by atoms with E-state index in [0.717, 1.165) is 33.0 Å². The van der Waals surface area contributed by atoms with Crippen molar-refractivity contribution in [3.05, 3.63) is 42.0 Å². The molecule has 2 aromatic heterocycles. The lowest BCUT2D eigenvalue weighted by molar-refractivity contribution is -0.115. The molecular formula is C17H19N5OS. The summed E-state index contributed by atoms with van der Waals surface area (Å²) in [5.41, 5.74) is 3.41. The van der Waals surface area contributed by atoms with Gasteiger partial charge >= 0.3 is 0 Å². The first-order chi connectivity index (χ1) is 11.5. The third-order valence-corrected chi connectivity index (χ3v) is 5.04. The zero-order chi connectivity index (χ0) is 17.3. The van der Waals surface area contributed by atoms with Gasteiger partial charge in [-0.1, -0.05) is 30.0 Å². The van der Waals surface area contributed by atoms with Crippen molar-refractivity contribution < 1.29 is 4.79 Å². The number of nitrogens with one attached hydrogen (secondary N) is 1. The van der Waals surface area contributed by atoms with Gasteiger partial charge in [0.15, 0.2) is 0 Å². The number of nitrogens with zero attached hydrogens (tertiary/aromatic N) is 4. The second kappa shape index (κ2) is 6.60. The van der Waals surface area contributed by atoms with Crippen LogP contribution < -0.4 is 5.32 Å². The van der Waals surface area contributed by atoms with Gasteiger partial charge in [-0.3, -0.25) is 9.48 Å². The Morgan fingerprint density at radius 3 is 2.71 bits per heavy atom. The minimum absolute atomic E-state index is 0.0677. The number of carbonyl (C=O) groups is 1. The van der Waals surface area contributed by atoms with Crippen LogP contribution >= 0.6 is 11.8 Å². The largest absolute Gasteiger partial charge is 0.322 e. The number of aryl methyl sites for hydroxylation is 2. The van der Waals surface area contributed by atoms with Crippen LogP contribution in [0.3, 0.4) is 0 Å². The van der Waals surface area contributed by atoms with Gasteiger partial charge in [0.2, 0.25) is 5.91 Å². The molecule has 1 N–H and O–H groups in total. The summed E-state index contributed by atoms with van der Waals surface area (Å²) >= 11 is 1.43. The van der Waals surface area contributed by atoms with Crippen LogP contribution in [-0.4, -0.2) is 30.9 Å². The molecular weight excluding hydrogens is 322 g/mol. The van der Waals surface area contributed by atoms with Crippen LogP contribution in [0.5, 0.6) is 0 Å². The summed E-state index contributed by atoms with van der Waals surface area (Å²) in [5.74, 6) is -0.0677. The third-order valence-electron chi connectivity index (χ3n) is 3.92. The topological polar surface area (TPSA) is 72.7 Å². The van der Waals surface area contributed by atoms with E-state index >= 15 is 0 Å². The van der Waals surface area contributed by atoms with Crippen molar-refractivity contribution in [2.75, 3.05) is 5.32 Å². The fourth-order valence-corrected chi connectivity index (χ4v) is 3.38. The average molecular weight is 341 g/mol. The van der Waals surface area contributed by atoms with E-state index in [-0.39, 0.29) is 11.2 Å². The maximum absolute atomic E-state index is 12.6. The number of hydrogen-bond acceptors (Lipinski definition) is 5. The number of carbonyl (C=O) groups excluding carboxylic acids is 1. The summed E-state index contributed by atoms with van der Waals surface area (Å²) in [6, 6.07) is 7.79. The average Bonchev–Trinajstić information content (AvgIpc) is 2.81. The summed E-state index contributed by atoms with van der Waals surface area (Å²) < 4.78 is 1.76. The highest BCUT2D eigenvalue weighted by Gasteiger charge is 2.20. The highest BCUT2D eigenvalue weighted by molar-refractivity contribution is 8.00. The van der Waals surface area contributed by atoms with Gasteiger partial charge in [0.25, 0.3) is 0 Å². The molecule has 0 aliphatic rings. The van der Waals surface area contributed by atoms with Crippen molar-refractivity contribution >= 4 is 34.3 Å². The molecule has 6 nitrogen and oxygen atoms in total. The second-order valence-corrected chi connectivity index (χ2v) is 6.94. The van der Waals surface area contributed by atoms with Gasteiger partial charge in [0.05, 0.1) is 27.8 Å². The van der Waals surface area contributed by atoms with Crippen molar-refractivity contribution in [1.29, 1.82) is 0 Å². The molecule has 0 aliphatic heterocycles. The van der Waals surface area contributed by atoms with E-state index in [1.54, 1.807) is 4.68 Å². The Hall–Kier alpha value is -2.41. The first-order valence-electron chi connectivity index (χ1n) is 7.65. The maximum Gasteiger partial charge on any atom is 0.237 e. The number of amides is 1. The molecule has 7 heteroatoms. The number of hydrogen-bond donors (Lipinski definition) is 1. The van der Waals surface area contributed by atoms with Crippen LogP contribution in [0.2, 0.25) is 0 Å². The van der Waals surface area contributed by atoms with E-state index in [0.29, 0.717) is 0 Å². The SMILES string of the molecule is Cc1nn(C)c(C)c1NC(=O)[C@@H](C)Sc1ncnc2ccccc12. The van der Waals surface area contributed by atoms with Gasteiger partial charge in [-0.05, 0) is 26.8 Å². The molecule has 1 amide bonds. The number of aromatic nitrogens is 4. The lowest BCUT2D eigenvalue weighted by atomic mass is 10.2. The Bertz CT molecular complexity index is 900. The molecule has 0 saturated heterocycles. The van der Waals surface area contributed by atoms with E-state index < -0.39 is 0 Å². The van der Waals surface area contributed by atoms with Crippen molar-refractivity contribution in [1.82, 2.24) is 19.7 Å². The lowest BCUT2D eigenvalue weighted by Gasteiger charge is -2.13. The Balaban J connectivity index is 1.79. The predicted molar refractivity (Wildman–Crippen MR) is 96.2 cm³/mol. The molecule has 24 heavy (non-hydrogen) atoms. The Labute approximate surface area is 144 Å². The van der Waals surface area contributed by atoms with E-state index in [4.69, 9.17) is 0 Å². The van der Waals surface area contributed by atoms with Gasteiger partial charge in [0.1, 0.15) is 11.4 Å². The number of fused-ring (bicyclic) bond motifs is 1. The lowest BCUT2D eigenvalue weighted by Crippen LogP contribution is -2.23. The molecule has 124 valence electrons. The van der Waals surface area contributed by atoms with Gasteiger partial charge in [-0.15, -0.1) is 0 Å². The summed E-state index contributed by atoms with van der Waals surface area (Å²) in [6.45, 7) is 5.70. The van der Waals surface area contributed by atoms with Crippen LogP contribution in [0.1, 0.15) is 18.3 Å². The minimum atomic E-state index is -0.290. The molecule has 3 rings (SSSR count). The van der Waals surface area contributed by atoms with Gasteiger partial charge in [-0.2, -0.15) is 5.10 Å². The van der Waals surface area contributed by atoms with E-state index in [1.165, 1.54) is 18.1 Å². The predicted octanol–water partition coefficient (Wildman–Crippen LogP) is 3.10. The quantitative estimate of drug-likeness (QED) is 0.583. The number of rotatable bonds is 4. The second-order valence-electron chi connectivity index (χ2n) is 5.61. The van der Waals surface area contributed by atoms with Crippen LogP contribution in [0.4, 0.5) is 5.69 Å². The first-order valence-corrected chi connectivity index (χ1v) is 8.53. The molecule has 0 spiro atoms. The molecule has 1 aromatic carbocycles. The minimum Gasteiger partial charge on any atom is -0.322 e. The maximum atomic E-state index is 12.6. The van der Waals surface area contributed by atoms with Crippen LogP contribution in [-0.2, 0) is 11.8 Å².